The van der Waals surface area contributed by atoms with Crippen molar-refractivity contribution in [2.24, 2.45) is 0 Å². The number of ether oxygens (including phenoxy) is 1. The molecule has 0 aliphatic carbocycles. The van der Waals surface area contributed by atoms with E-state index in [4.69, 9.17) is 4.74 Å². The fraction of sp³-hybridized carbons (Fsp3) is 0.750. The average Bonchev–Trinajstić information content (AvgIpc) is 2.79. The van der Waals surface area contributed by atoms with E-state index in [1.54, 1.807) is 7.11 Å². The largest absolute Gasteiger partial charge is 0.383 e. The van der Waals surface area contributed by atoms with Gasteiger partial charge in [0.05, 0.1) is 19.0 Å². The molecule has 0 spiro atoms. The first-order valence-corrected chi connectivity index (χ1v) is 6.04. The number of aromatic nitrogens is 2. The molecule has 1 fully saturated rings. The third-order valence-electron chi connectivity index (χ3n) is 3.29. The maximum Gasteiger partial charge on any atom is 0.0951 e. The number of nitrogens with one attached hydrogen (secondary N) is 1. The molecule has 4 nitrogen and oxygen atoms in total. The van der Waals surface area contributed by atoms with Crippen molar-refractivity contribution in [2.45, 2.75) is 31.7 Å². The minimum Gasteiger partial charge on any atom is -0.383 e. The SMILES string of the molecule is COCC(C)n1cncc1C1CCCNC1. The van der Waals surface area contributed by atoms with E-state index >= 15 is 0 Å². The first kappa shape index (κ1) is 11.6. The van der Waals surface area contributed by atoms with Gasteiger partial charge in [-0.3, -0.25) is 0 Å². The van der Waals surface area contributed by atoms with Gasteiger partial charge >= 0.3 is 0 Å². The van der Waals surface area contributed by atoms with Crippen LogP contribution in [-0.2, 0) is 4.74 Å². The lowest BCUT2D eigenvalue weighted by atomic mass is 9.96. The molecule has 0 amide bonds. The molecule has 0 aromatic carbocycles. The number of nitrogens with zero attached hydrogens (tertiary/aromatic N) is 2. The predicted molar refractivity (Wildman–Crippen MR) is 63.7 cm³/mol. The summed E-state index contributed by atoms with van der Waals surface area (Å²) in [5.74, 6) is 0.607. The summed E-state index contributed by atoms with van der Waals surface area (Å²) in [5.41, 5.74) is 1.34. The zero-order chi connectivity index (χ0) is 11.4. The van der Waals surface area contributed by atoms with Crippen molar-refractivity contribution in [3.05, 3.63) is 18.2 Å². The van der Waals surface area contributed by atoms with E-state index in [-0.39, 0.29) is 0 Å². The number of hydrogen-bond acceptors (Lipinski definition) is 3. The third kappa shape index (κ3) is 2.44. The lowest BCUT2D eigenvalue weighted by Crippen LogP contribution is -2.30. The minimum absolute atomic E-state index is 0.365. The number of imidazole rings is 1. The van der Waals surface area contributed by atoms with E-state index in [1.807, 2.05) is 12.5 Å². The standard InChI is InChI=1S/C12H21N3O/c1-10(8-16-2)15-9-14-7-12(15)11-4-3-5-13-6-11/h7,9-11,13H,3-6,8H2,1-2H3. The van der Waals surface area contributed by atoms with Gasteiger partial charge in [0, 0.05) is 31.5 Å². The maximum atomic E-state index is 5.21. The quantitative estimate of drug-likeness (QED) is 0.842. The van der Waals surface area contributed by atoms with Crippen molar-refractivity contribution in [3.8, 4) is 0 Å². The highest BCUT2D eigenvalue weighted by molar-refractivity contribution is 5.09. The molecule has 1 aromatic heterocycles. The van der Waals surface area contributed by atoms with Crippen molar-refractivity contribution < 1.29 is 4.74 Å². The molecule has 0 bridgehead atoms. The van der Waals surface area contributed by atoms with Crippen LogP contribution in [0.4, 0.5) is 0 Å². The van der Waals surface area contributed by atoms with E-state index in [0.29, 0.717) is 12.0 Å². The topological polar surface area (TPSA) is 39.1 Å². The lowest BCUT2D eigenvalue weighted by molar-refractivity contribution is 0.160. The van der Waals surface area contributed by atoms with Crippen LogP contribution in [0.3, 0.4) is 0 Å². The van der Waals surface area contributed by atoms with Gasteiger partial charge < -0.3 is 14.6 Å². The van der Waals surface area contributed by atoms with Crippen molar-refractivity contribution in [1.29, 1.82) is 0 Å². The van der Waals surface area contributed by atoms with E-state index in [1.165, 1.54) is 18.5 Å². The molecule has 2 heterocycles. The molecular formula is C12H21N3O. The highest BCUT2D eigenvalue weighted by Crippen LogP contribution is 2.25. The molecule has 1 aliphatic heterocycles. The molecule has 16 heavy (non-hydrogen) atoms. The summed E-state index contributed by atoms with van der Waals surface area (Å²) >= 11 is 0. The summed E-state index contributed by atoms with van der Waals surface area (Å²) in [4.78, 5) is 4.28. The number of piperidine rings is 1. The van der Waals surface area contributed by atoms with Crippen molar-refractivity contribution >= 4 is 0 Å². The van der Waals surface area contributed by atoms with Crippen LogP contribution in [0.25, 0.3) is 0 Å². The van der Waals surface area contributed by atoms with Gasteiger partial charge in [-0.1, -0.05) is 0 Å². The Kier molecular flexibility index (Phi) is 3.96. The van der Waals surface area contributed by atoms with Crippen LogP contribution in [0.2, 0.25) is 0 Å². The fourth-order valence-electron chi connectivity index (χ4n) is 2.43. The molecular weight excluding hydrogens is 202 g/mol. The third-order valence-corrected chi connectivity index (χ3v) is 3.29. The Morgan fingerprint density at radius 2 is 2.56 bits per heavy atom. The van der Waals surface area contributed by atoms with E-state index in [9.17, 15) is 0 Å². The molecule has 2 rings (SSSR count). The molecule has 1 aromatic rings. The first-order valence-electron chi connectivity index (χ1n) is 6.04. The minimum atomic E-state index is 0.365. The molecule has 0 radical (unpaired) electrons. The molecule has 90 valence electrons. The summed E-state index contributed by atoms with van der Waals surface area (Å²) in [6.07, 6.45) is 6.45. The Morgan fingerprint density at radius 3 is 3.25 bits per heavy atom. The lowest BCUT2D eigenvalue weighted by Gasteiger charge is -2.25. The van der Waals surface area contributed by atoms with Crippen LogP contribution < -0.4 is 5.32 Å². The Morgan fingerprint density at radius 1 is 1.69 bits per heavy atom. The van der Waals surface area contributed by atoms with E-state index in [0.717, 1.165) is 19.7 Å². The summed E-state index contributed by atoms with van der Waals surface area (Å²) in [6, 6.07) is 0.365. The van der Waals surface area contributed by atoms with Crippen molar-refractivity contribution in [3.63, 3.8) is 0 Å². The van der Waals surface area contributed by atoms with Crippen LogP contribution in [0, 0.1) is 0 Å². The molecule has 2 unspecified atom stereocenters. The van der Waals surface area contributed by atoms with Gasteiger partial charge in [0.2, 0.25) is 0 Å². The molecule has 1 aliphatic rings. The highest BCUT2D eigenvalue weighted by Gasteiger charge is 2.20. The predicted octanol–water partition coefficient (Wildman–Crippen LogP) is 1.56. The van der Waals surface area contributed by atoms with Crippen LogP contribution >= 0.6 is 0 Å². The average molecular weight is 223 g/mol. The van der Waals surface area contributed by atoms with Crippen LogP contribution in [0.5, 0.6) is 0 Å². The van der Waals surface area contributed by atoms with Crippen molar-refractivity contribution in [1.82, 2.24) is 14.9 Å². The van der Waals surface area contributed by atoms with Crippen LogP contribution in [0.15, 0.2) is 12.5 Å². The molecule has 1 saturated heterocycles. The van der Waals surface area contributed by atoms with Crippen LogP contribution in [0.1, 0.15) is 37.4 Å². The number of methoxy groups -OCH3 is 1. The zero-order valence-corrected chi connectivity index (χ0v) is 10.1. The summed E-state index contributed by atoms with van der Waals surface area (Å²) in [7, 11) is 1.75. The van der Waals surface area contributed by atoms with E-state index in [2.05, 4.69) is 21.8 Å². The molecule has 4 heteroatoms. The van der Waals surface area contributed by atoms with Crippen LogP contribution in [-0.4, -0.2) is 36.4 Å². The summed E-state index contributed by atoms with van der Waals surface area (Å²) in [6.45, 7) is 5.14. The normalized spacial score (nSPS) is 23.2. The summed E-state index contributed by atoms with van der Waals surface area (Å²) < 4.78 is 7.46. The smallest absolute Gasteiger partial charge is 0.0951 e. The highest BCUT2D eigenvalue weighted by atomic mass is 16.5. The zero-order valence-electron chi connectivity index (χ0n) is 10.1. The van der Waals surface area contributed by atoms with Gasteiger partial charge in [-0.25, -0.2) is 4.98 Å². The maximum absolute atomic E-state index is 5.21. The second-order valence-corrected chi connectivity index (χ2v) is 4.57. The van der Waals surface area contributed by atoms with E-state index < -0.39 is 0 Å². The van der Waals surface area contributed by atoms with Gasteiger partial charge in [0.15, 0.2) is 0 Å². The number of hydrogen-bond donors (Lipinski definition) is 1. The first-order chi connectivity index (χ1) is 7.83. The van der Waals surface area contributed by atoms with Gasteiger partial charge in [-0.15, -0.1) is 0 Å². The molecule has 1 N–H and O–H groups in total. The van der Waals surface area contributed by atoms with Gasteiger partial charge in [0.1, 0.15) is 0 Å². The molecule has 0 saturated carbocycles. The Bertz CT molecular complexity index is 318. The Labute approximate surface area is 97.0 Å². The summed E-state index contributed by atoms with van der Waals surface area (Å²) in [5, 5.41) is 3.45. The monoisotopic (exact) mass is 223 g/mol. The van der Waals surface area contributed by atoms with Gasteiger partial charge in [0.25, 0.3) is 0 Å². The van der Waals surface area contributed by atoms with Gasteiger partial charge in [-0.2, -0.15) is 0 Å². The number of rotatable bonds is 4. The second kappa shape index (κ2) is 5.46. The second-order valence-electron chi connectivity index (χ2n) is 4.57. The Balaban J connectivity index is 2.11. The Hall–Kier alpha value is -0.870. The fourth-order valence-corrected chi connectivity index (χ4v) is 2.43. The van der Waals surface area contributed by atoms with Crippen molar-refractivity contribution in [2.75, 3.05) is 26.8 Å². The molecule has 2 atom stereocenters. The van der Waals surface area contributed by atoms with Gasteiger partial charge in [-0.05, 0) is 26.3 Å².